The number of nitro groups is 2. The number of nitrogens with zero attached hydrogens (tertiary/aromatic N) is 2. The molecule has 22 heavy (non-hydrogen) atoms. The Morgan fingerprint density at radius 3 is 2.18 bits per heavy atom. The van der Waals surface area contributed by atoms with Gasteiger partial charge in [-0.25, -0.2) is 0 Å². The molecule has 2 aromatic rings. The first-order valence-electron chi connectivity index (χ1n) is 5.98. The van der Waals surface area contributed by atoms with Crippen LogP contribution in [0, 0.1) is 20.2 Å². The van der Waals surface area contributed by atoms with Gasteiger partial charge in [0, 0.05) is 28.2 Å². The topological polar surface area (TPSA) is 107 Å². The molecule has 0 bridgehead atoms. The van der Waals surface area contributed by atoms with Gasteiger partial charge in [-0.1, -0.05) is 28.1 Å². The van der Waals surface area contributed by atoms with Crippen molar-refractivity contribution < 1.29 is 15.0 Å². The van der Waals surface area contributed by atoms with E-state index in [4.69, 9.17) is 0 Å². The first kappa shape index (κ1) is 15.6. The molecule has 0 atom stereocenters. The smallest absolute Gasteiger partial charge is 0.312 e. The first-order valence-corrected chi connectivity index (χ1v) is 6.77. The van der Waals surface area contributed by atoms with Gasteiger partial charge in [0.25, 0.3) is 5.69 Å². The summed E-state index contributed by atoms with van der Waals surface area (Å²) in [6.45, 7) is 0. The lowest BCUT2D eigenvalue weighted by atomic mass is 10.1. The number of benzene rings is 2. The van der Waals surface area contributed by atoms with Gasteiger partial charge in [0.05, 0.1) is 9.85 Å². The standard InChI is InChI=1S/C14H9BrN2O5/c15-11-7-10(14(18)13(8-11)17(21)22)4-1-9-2-5-12(6-3-9)16(19)20/h1-8,18H/b4-1+. The molecule has 0 unspecified atom stereocenters. The van der Waals surface area contributed by atoms with E-state index < -0.39 is 21.3 Å². The molecule has 0 amide bonds. The maximum Gasteiger partial charge on any atom is 0.312 e. The molecule has 7 nitrogen and oxygen atoms in total. The number of hydrogen-bond donors (Lipinski definition) is 1. The third-order valence-corrected chi connectivity index (χ3v) is 3.30. The molecule has 0 spiro atoms. The van der Waals surface area contributed by atoms with Crippen LogP contribution in [0.5, 0.6) is 5.75 Å². The molecule has 112 valence electrons. The van der Waals surface area contributed by atoms with Crippen LogP contribution in [-0.2, 0) is 0 Å². The minimum atomic E-state index is -0.677. The lowest BCUT2D eigenvalue weighted by Crippen LogP contribution is -1.90. The van der Waals surface area contributed by atoms with Crippen molar-refractivity contribution in [1.82, 2.24) is 0 Å². The third-order valence-electron chi connectivity index (χ3n) is 2.84. The highest BCUT2D eigenvalue weighted by molar-refractivity contribution is 9.10. The fourth-order valence-corrected chi connectivity index (χ4v) is 2.23. The van der Waals surface area contributed by atoms with E-state index in [1.54, 1.807) is 6.08 Å². The van der Waals surface area contributed by atoms with Crippen LogP contribution in [0.15, 0.2) is 40.9 Å². The molecular formula is C14H9BrN2O5. The molecule has 0 heterocycles. The Labute approximate surface area is 132 Å². The van der Waals surface area contributed by atoms with E-state index in [0.29, 0.717) is 10.0 Å². The van der Waals surface area contributed by atoms with E-state index >= 15 is 0 Å². The molecule has 0 aromatic heterocycles. The van der Waals surface area contributed by atoms with Crippen LogP contribution in [0.4, 0.5) is 11.4 Å². The van der Waals surface area contributed by atoms with Crippen molar-refractivity contribution in [3.8, 4) is 5.75 Å². The third kappa shape index (κ3) is 3.47. The fourth-order valence-electron chi connectivity index (χ4n) is 1.76. The summed E-state index contributed by atoms with van der Waals surface area (Å²) in [6.07, 6.45) is 3.09. The SMILES string of the molecule is O=[N+]([O-])c1ccc(/C=C/c2cc(Br)cc([N+](=O)[O-])c2O)cc1. The number of non-ortho nitro benzene ring substituents is 1. The van der Waals surface area contributed by atoms with Gasteiger partial charge in [-0.05, 0) is 23.8 Å². The van der Waals surface area contributed by atoms with Crippen LogP contribution in [0.3, 0.4) is 0 Å². The molecule has 8 heteroatoms. The minimum Gasteiger partial charge on any atom is -0.502 e. The summed E-state index contributed by atoms with van der Waals surface area (Å²) in [5, 5.41) is 31.3. The fraction of sp³-hybridized carbons (Fsp3) is 0. The number of hydrogen-bond acceptors (Lipinski definition) is 5. The molecule has 0 fully saturated rings. The Hall–Kier alpha value is -2.74. The Morgan fingerprint density at radius 1 is 1.00 bits per heavy atom. The molecule has 1 N–H and O–H groups in total. The van der Waals surface area contributed by atoms with Crippen molar-refractivity contribution in [2.75, 3.05) is 0 Å². The van der Waals surface area contributed by atoms with E-state index in [9.17, 15) is 25.3 Å². The number of nitro benzene ring substituents is 2. The maximum atomic E-state index is 10.8. The molecule has 0 aliphatic heterocycles. The van der Waals surface area contributed by atoms with Crippen LogP contribution in [-0.4, -0.2) is 15.0 Å². The van der Waals surface area contributed by atoms with Crippen molar-refractivity contribution >= 4 is 39.5 Å². The highest BCUT2D eigenvalue weighted by Crippen LogP contribution is 2.34. The normalized spacial score (nSPS) is 10.8. The van der Waals surface area contributed by atoms with Crippen molar-refractivity contribution in [3.05, 3.63) is 72.2 Å². The monoisotopic (exact) mass is 364 g/mol. The first-order chi connectivity index (χ1) is 10.4. The van der Waals surface area contributed by atoms with Gasteiger partial charge < -0.3 is 5.11 Å². The second-order valence-corrected chi connectivity index (χ2v) is 5.22. The number of halogens is 1. The van der Waals surface area contributed by atoms with E-state index in [1.165, 1.54) is 42.5 Å². The van der Waals surface area contributed by atoms with Gasteiger partial charge in [-0.3, -0.25) is 20.2 Å². The second-order valence-electron chi connectivity index (χ2n) is 4.30. The number of rotatable bonds is 4. The van der Waals surface area contributed by atoms with Crippen LogP contribution in [0.25, 0.3) is 12.2 Å². The molecule has 0 aliphatic rings. The second kappa shape index (κ2) is 6.35. The predicted octanol–water partition coefficient (Wildman–Crippen LogP) is 4.14. The molecule has 2 aromatic carbocycles. The number of phenols is 1. The summed E-state index contributed by atoms with van der Waals surface area (Å²) in [5.41, 5.74) is 0.489. The van der Waals surface area contributed by atoms with Gasteiger partial charge in [0.2, 0.25) is 5.75 Å². The molecular weight excluding hydrogens is 356 g/mol. The lowest BCUT2D eigenvalue weighted by Gasteiger charge is -2.02. The summed E-state index contributed by atoms with van der Waals surface area (Å²) < 4.78 is 0.459. The van der Waals surface area contributed by atoms with Crippen molar-refractivity contribution in [3.63, 3.8) is 0 Å². The Morgan fingerprint density at radius 2 is 1.64 bits per heavy atom. The highest BCUT2D eigenvalue weighted by atomic mass is 79.9. The van der Waals surface area contributed by atoms with E-state index in [2.05, 4.69) is 15.9 Å². The average Bonchev–Trinajstić information content (AvgIpc) is 2.47. The van der Waals surface area contributed by atoms with Crippen LogP contribution >= 0.6 is 15.9 Å². The molecule has 0 saturated heterocycles. The number of aromatic hydroxyl groups is 1. The van der Waals surface area contributed by atoms with Crippen molar-refractivity contribution in [1.29, 1.82) is 0 Å². The summed E-state index contributed by atoms with van der Waals surface area (Å²) in [7, 11) is 0. The Kier molecular flexibility index (Phi) is 4.52. The number of phenolic OH excluding ortho intramolecular Hbond substituents is 1. The summed E-state index contributed by atoms with van der Waals surface area (Å²) in [4.78, 5) is 20.2. The quantitative estimate of drug-likeness (QED) is 0.498. The zero-order chi connectivity index (χ0) is 16.3. The average molecular weight is 365 g/mol. The molecule has 0 saturated carbocycles. The highest BCUT2D eigenvalue weighted by Gasteiger charge is 2.17. The van der Waals surface area contributed by atoms with E-state index in [0.717, 1.165) is 0 Å². The summed E-state index contributed by atoms with van der Waals surface area (Å²) in [6, 6.07) is 8.52. The van der Waals surface area contributed by atoms with Gasteiger partial charge in [0.15, 0.2) is 0 Å². The van der Waals surface area contributed by atoms with Crippen LogP contribution < -0.4 is 0 Å². The van der Waals surface area contributed by atoms with Gasteiger partial charge in [-0.15, -0.1) is 0 Å². The van der Waals surface area contributed by atoms with Crippen LogP contribution in [0.1, 0.15) is 11.1 Å². The molecule has 0 aliphatic carbocycles. The minimum absolute atomic E-state index is 0.0295. The van der Waals surface area contributed by atoms with E-state index in [-0.39, 0.29) is 11.3 Å². The van der Waals surface area contributed by atoms with Gasteiger partial charge in [-0.2, -0.15) is 0 Å². The van der Waals surface area contributed by atoms with Gasteiger partial charge in [0.1, 0.15) is 0 Å². The predicted molar refractivity (Wildman–Crippen MR) is 84.5 cm³/mol. The summed E-state index contributed by atoms with van der Waals surface area (Å²) in [5.74, 6) is -0.439. The molecule has 2 rings (SSSR count). The Bertz CT molecular complexity index is 772. The Balaban J connectivity index is 2.34. The molecule has 0 radical (unpaired) electrons. The van der Waals surface area contributed by atoms with Crippen molar-refractivity contribution in [2.45, 2.75) is 0 Å². The lowest BCUT2D eigenvalue weighted by molar-refractivity contribution is -0.386. The maximum absolute atomic E-state index is 10.8. The van der Waals surface area contributed by atoms with Crippen molar-refractivity contribution in [2.24, 2.45) is 0 Å². The zero-order valence-electron chi connectivity index (χ0n) is 11.0. The zero-order valence-corrected chi connectivity index (χ0v) is 12.6. The summed E-state index contributed by atoms with van der Waals surface area (Å²) >= 11 is 3.14. The van der Waals surface area contributed by atoms with Crippen LogP contribution in [0.2, 0.25) is 0 Å². The van der Waals surface area contributed by atoms with E-state index in [1.807, 2.05) is 0 Å². The van der Waals surface area contributed by atoms with Gasteiger partial charge >= 0.3 is 5.69 Å². The largest absolute Gasteiger partial charge is 0.502 e.